The third-order valence-electron chi connectivity index (χ3n) is 2.04. The summed E-state index contributed by atoms with van der Waals surface area (Å²) in [4.78, 5) is 12.4. The van der Waals surface area contributed by atoms with Gasteiger partial charge in [0.15, 0.2) is 5.16 Å². The molecular formula is C11H12N4S. The van der Waals surface area contributed by atoms with Crippen molar-refractivity contribution < 1.29 is 0 Å². The van der Waals surface area contributed by atoms with Gasteiger partial charge >= 0.3 is 0 Å². The summed E-state index contributed by atoms with van der Waals surface area (Å²) in [7, 11) is 0. The summed E-state index contributed by atoms with van der Waals surface area (Å²) in [5.41, 5.74) is 1.18. The van der Waals surface area contributed by atoms with E-state index in [1.807, 2.05) is 24.5 Å². The molecule has 0 saturated heterocycles. The molecule has 16 heavy (non-hydrogen) atoms. The number of thioether (sulfide) groups is 1. The molecule has 2 aromatic rings. The van der Waals surface area contributed by atoms with E-state index in [1.54, 1.807) is 18.6 Å². The maximum atomic E-state index is 4.33. The van der Waals surface area contributed by atoms with Crippen molar-refractivity contribution in [2.75, 3.05) is 11.6 Å². The molecule has 2 aromatic heterocycles. The lowest BCUT2D eigenvalue weighted by Gasteiger charge is -2.05. The molecule has 0 aliphatic carbocycles. The summed E-state index contributed by atoms with van der Waals surface area (Å²) in [5, 5.41) is 4.02. The lowest BCUT2D eigenvalue weighted by Crippen LogP contribution is -2.02. The second-order valence-corrected chi connectivity index (χ2v) is 3.91. The Hall–Kier alpha value is -1.62. The van der Waals surface area contributed by atoms with Crippen LogP contribution < -0.4 is 5.32 Å². The molecule has 0 fully saturated rings. The van der Waals surface area contributed by atoms with Crippen LogP contribution in [0.25, 0.3) is 0 Å². The van der Waals surface area contributed by atoms with Gasteiger partial charge in [0.2, 0.25) is 0 Å². The average molecular weight is 232 g/mol. The lowest BCUT2D eigenvalue weighted by atomic mass is 10.3. The number of nitrogens with zero attached hydrogens (tertiary/aromatic N) is 3. The zero-order chi connectivity index (χ0) is 11.2. The van der Waals surface area contributed by atoms with Crippen LogP contribution in [0.1, 0.15) is 5.56 Å². The zero-order valence-electron chi connectivity index (χ0n) is 8.92. The van der Waals surface area contributed by atoms with Crippen LogP contribution in [0, 0.1) is 0 Å². The largest absolute Gasteiger partial charge is 0.366 e. The molecule has 0 spiro atoms. The number of pyridine rings is 1. The molecule has 0 radical (unpaired) electrons. The van der Waals surface area contributed by atoms with E-state index >= 15 is 0 Å². The second-order valence-electron chi connectivity index (χ2n) is 3.14. The van der Waals surface area contributed by atoms with Gasteiger partial charge in [-0.1, -0.05) is 11.8 Å². The van der Waals surface area contributed by atoms with Gasteiger partial charge in [-0.15, -0.1) is 0 Å². The molecule has 0 aliphatic rings. The Morgan fingerprint density at radius 3 is 2.75 bits per heavy atom. The topological polar surface area (TPSA) is 50.7 Å². The Morgan fingerprint density at radius 2 is 2.00 bits per heavy atom. The molecule has 4 nitrogen and oxygen atoms in total. The molecule has 2 heterocycles. The van der Waals surface area contributed by atoms with Gasteiger partial charge in [0.25, 0.3) is 0 Å². The Morgan fingerprint density at radius 1 is 1.19 bits per heavy atom. The highest BCUT2D eigenvalue weighted by Gasteiger charge is 1.97. The van der Waals surface area contributed by atoms with Crippen molar-refractivity contribution in [3.8, 4) is 0 Å². The van der Waals surface area contributed by atoms with Crippen LogP contribution in [0.4, 0.5) is 5.82 Å². The van der Waals surface area contributed by atoms with Crippen LogP contribution in [0.2, 0.25) is 0 Å². The van der Waals surface area contributed by atoms with Crippen molar-refractivity contribution in [2.24, 2.45) is 0 Å². The van der Waals surface area contributed by atoms with E-state index in [9.17, 15) is 0 Å². The van der Waals surface area contributed by atoms with Gasteiger partial charge in [0, 0.05) is 25.1 Å². The molecule has 2 rings (SSSR count). The fraction of sp³-hybridized carbons (Fsp3) is 0.182. The van der Waals surface area contributed by atoms with Crippen molar-refractivity contribution in [1.29, 1.82) is 0 Å². The summed E-state index contributed by atoms with van der Waals surface area (Å²) in [6, 6.07) is 5.81. The predicted molar refractivity (Wildman–Crippen MR) is 65.4 cm³/mol. The summed E-state index contributed by atoms with van der Waals surface area (Å²) >= 11 is 1.53. The van der Waals surface area contributed by atoms with E-state index in [0.29, 0.717) is 0 Å². The smallest absolute Gasteiger partial charge is 0.189 e. The fourth-order valence-corrected chi connectivity index (χ4v) is 1.59. The first-order valence-corrected chi connectivity index (χ1v) is 6.11. The second kappa shape index (κ2) is 5.46. The highest BCUT2D eigenvalue weighted by Crippen LogP contribution is 2.11. The van der Waals surface area contributed by atoms with Crippen molar-refractivity contribution in [3.63, 3.8) is 0 Å². The van der Waals surface area contributed by atoms with Gasteiger partial charge in [0.05, 0.1) is 0 Å². The third-order valence-corrected chi connectivity index (χ3v) is 2.60. The standard InChI is InChI=1S/C11H12N4S/c1-16-11-13-7-4-10(15-11)14-8-9-2-5-12-6-3-9/h2-7H,8H2,1H3,(H,13,14,15). The van der Waals surface area contributed by atoms with Gasteiger partial charge in [-0.25, -0.2) is 9.97 Å². The maximum Gasteiger partial charge on any atom is 0.189 e. The highest BCUT2D eigenvalue weighted by molar-refractivity contribution is 7.98. The minimum atomic E-state index is 0.743. The number of nitrogens with one attached hydrogen (secondary N) is 1. The zero-order valence-corrected chi connectivity index (χ0v) is 9.74. The number of rotatable bonds is 4. The monoisotopic (exact) mass is 232 g/mol. The van der Waals surface area contributed by atoms with Gasteiger partial charge in [-0.05, 0) is 30.0 Å². The molecule has 82 valence electrons. The Bertz CT molecular complexity index is 447. The van der Waals surface area contributed by atoms with Crippen molar-refractivity contribution in [3.05, 3.63) is 42.4 Å². The molecule has 0 amide bonds. The number of hydrogen-bond acceptors (Lipinski definition) is 5. The van der Waals surface area contributed by atoms with Crippen molar-refractivity contribution >= 4 is 17.6 Å². The molecule has 0 aliphatic heterocycles. The minimum absolute atomic E-state index is 0.743. The number of aromatic nitrogens is 3. The third kappa shape index (κ3) is 2.93. The molecule has 5 heteroatoms. The van der Waals surface area contributed by atoms with Crippen LogP contribution in [-0.4, -0.2) is 21.2 Å². The van der Waals surface area contributed by atoms with Crippen molar-refractivity contribution in [2.45, 2.75) is 11.7 Å². The highest BCUT2D eigenvalue weighted by atomic mass is 32.2. The first-order chi connectivity index (χ1) is 7.88. The Kier molecular flexibility index (Phi) is 3.71. The van der Waals surface area contributed by atoms with Crippen LogP contribution >= 0.6 is 11.8 Å². The molecule has 0 bridgehead atoms. The maximum absolute atomic E-state index is 4.33. The predicted octanol–water partition coefficient (Wildman–Crippen LogP) is 2.21. The Balaban J connectivity index is 1.99. The molecule has 0 aromatic carbocycles. The van der Waals surface area contributed by atoms with E-state index in [1.165, 1.54) is 17.3 Å². The minimum Gasteiger partial charge on any atom is -0.366 e. The summed E-state index contributed by atoms with van der Waals surface area (Å²) in [6.07, 6.45) is 7.28. The molecule has 0 unspecified atom stereocenters. The van der Waals surface area contributed by atoms with Gasteiger partial charge in [0.1, 0.15) is 5.82 Å². The molecule has 0 atom stereocenters. The summed E-state index contributed by atoms with van der Waals surface area (Å²) < 4.78 is 0. The first-order valence-electron chi connectivity index (χ1n) is 4.88. The van der Waals surface area contributed by atoms with E-state index < -0.39 is 0 Å². The van der Waals surface area contributed by atoms with Crippen molar-refractivity contribution in [1.82, 2.24) is 15.0 Å². The normalized spacial score (nSPS) is 10.1. The van der Waals surface area contributed by atoms with Crippen LogP contribution in [-0.2, 0) is 6.54 Å². The first kappa shape index (κ1) is 10.9. The molecule has 1 N–H and O–H groups in total. The van der Waals surface area contributed by atoms with Gasteiger partial charge < -0.3 is 5.32 Å². The van der Waals surface area contributed by atoms with Gasteiger partial charge in [-0.3, -0.25) is 4.98 Å². The molecule has 0 saturated carbocycles. The van der Waals surface area contributed by atoms with E-state index in [-0.39, 0.29) is 0 Å². The van der Waals surface area contributed by atoms with Crippen LogP contribution in [0.5, 0.6) is 0 Å². The van der Waals surface area contributed by atoms with E-state index in [0.717, 1.165) is 17.5 Å². The Labute approximate surface area is 98.6 Å². The van der Waals surface area contributed by atoms with Gasteiger partial charge in [-0.2, -0.15) is 0 Å². The number of hydrogen-bond donors (Lipinski definition) is 1. The summed E-state index contributed by atoms with van der Waals surface area (Å²) in [5.74, 6) is 0.844. The number of anilines is 1. The van der Waals surface area contributed by atoms with Crippen LogP contribution in [0.3, 0.4) is 0 Å². The molecular weight excluding hydrogens is 220 g/mol. The SMILES string of the molecule is CSc1nccc(NCc2ccncc2)n1. The summed E-state index contributed by atoms with van der Waals surface area (Å²) in [6.45, 7) is 0.743. The fourth-order valence-electron chi connectivity index (χ4n) is 1.23. The average Bonchev–Trinajstić information content (AvgIpc) is 2.38. The quantitative estimate of drug-likeness (QED) is 0.647. The van der Waals surface area contributed by atoms with E-state index in [2.05, 4.69) is 20.3 Å². The van der Waals surface area contributed by atoms with Crippen LogP contribution in [0.15, 0.2) is 41.9 Å². The lowest BCUT2D eigenvalue weighted by molar-refractivity contribution is 0.955. The van der Waals surface area contributed by atoms with E-state index in [4.69, 9.17) is 0 Å².